The topological polar surface area (TPSA) is 17.1 Å². The molecule has 0 saturated heterocycles. The first-order valence-electron chi connectivity index (χ1n) is 3.08. The van der Waals surface area contributed by atoms with Gasteiger partial charge in [0.05, 0.1) is 6.29 Å². The standard InChI is InChI=1S/C8H4F3O.Y/c9-8(10,11)7-3-1-6(5-12)2-4-7;/h1-3,5H;/q-1;+3. The minimum Gasteiger partial charge on any atom is -0.312 e. The second-order valence-electron chi connectivity index (χ2n) is 2.15. The quantitative estimate of drug-likeness (QED) is 0.560. The first-order chi connectivity index (χ1) is 5.54. The van der Waals surface area contributed by atoms with Gasteiger partial charge in [-0.15, -0.1) is 0 Å². The third-order valence-corrected chi connectivity index (χ3v) is 1.28. The van der Waals surface area contributed by atoms with E-state index in [9.17, 15) is 18.0 Å². The van der Waals surface area contributed by atoms with E-state index in [0.29, 0.717) is 6.29 Å². The predicted molar refractivity (Wildman–Crippen MR) is 35.7 cm³/mol. The number of hydrogen-bond acceptors (Lipinski definition) is 1. The van der Waals surface area contributed by atoms with Gasteiger partial charge in [0.1, 0.15) is 0 Å². The fourth-order valence-corrected chi connectivity index (χ4v) is 0.686. The molecule has 0 amide bonds. The molecular weight excluding hydrogens is 258 g/mol. The molecule has 0 atom stereocenters. The number of carbonyl (C=O) groups excluding carboxylic acids is 1. The summed E-state index contributed by atoms with van der Waals surface area (Å²) in [5.74, 6) is 0. The molecule has 0 bridgehead atoms. The van der Waals surface area contributed by atoms with Gasteiger partial charge in [0.25, 0.3) is 0 Å². The van der Waals surface area contributed by atoms with E-state index in [0.717, 1.165) is 18.2 Å². The van der Waals surface area contributed by atoms with Crippen molar-refractivity contribution in [3.05, 3.63) is 35.4 Å². The smallest absolute Gasteiger partial charge is 0.312 e. The Hall–Kier alpha value is -0.216. The second kappa shape index (κ2) is 4.86. The molecule has 1 nitrogen and oxygen atoms in total. The van der Waals surface area contributed by atoms with Gasteiger partial charge in [0.15, 0.2) is 0 Å². The van der Waals surface area contributed by atoms with Crippen LogP contribution >= 0.6 is 0 Å². The largest absolute Gasteiger partial charge is 3.00 e. The third-order valence-electron chi connectivity index (χ3n) is 1.28. The van der Waals surface area contributed by atoms with Crippen LogP contribution in [0.2, 0.25) is 0 Å². The van der Waals surface area contributed by atoms with Crippen LogP contribution in [0.3, 0.4) is 0 Å². The van der Waals surface area contributed by atoms with Gasteiger partial charge in [-0.3, -0.25) is 0 Å². The van der Waals surface area contributed by atoms with Crippen LogP contribution in [-0.4, -0.2) is 6.29 Å². The Morgan fingerprint density at radius 2 is 1.92 bits per heavy atom. The van der Waals surface area contributed by atoms with Gasteiger partial charge in [0, 0.05) is 0 Å². The van der Waals surface area contributed by atoms with Crippen LogP contribution in [0.1, 0.15) is 15.9 Å². The van der Waals surface area contributed by atoms with Crippen molar-refractivity contribution in [1.82, 2.24) is 0 Å². The number of carbonyl (C=O) groups is 1. The SMILES string of the molecule is O=Cc1c[c-]c(C(F)(F)F)cc1.[Y+3]. The summed E-state index contributed by atoms with van der Waals surface area (Å²) < 4.78 is 35.7. The summed E-state index contributed by atoms with van der Waals surface area (Å²) in [7, 11) is 0. The summed E-state index contributed by atoms with van der Waals surface area (Å²) in [5, 5.41) is 0. The van der Waals surface area contributed by atoms with E-state index < -0.39 is 11.7 Å². The molecule has 0 aliphatic carbocycles. The van der Waals surface area contributed by atoms with Gasteiger partial charge in [0.2, 0.25) is 0 Å². The van der Waals surface area contributed by atoms with Crippen molar-refractivity contribution in [2.24, 2.45) is 0 Å². The number of alkyl halides is 3. The van der Waals surface area contributed by atoms with Crippen LogP contribution in [0.15, 0.2) is 18.2 Å². The average Bonchev–Trinajstić information content (AvgIpc) is 2.03. The van der Waals surface area contributed by atoms with Crippen molar-refractivity contribution in [3.63, 3.8) is 0 Å². The van der Waals surface area contributed by atoms with E-state index >= 15 is 0 Å². The van der Waals surface area contributed by atoms with E-state index in [1.54, 1.807) is 0 Å². The Morgan fingerprint density at radius 3 is 2.23 bits per heavy atom. The molecule has 0 saturated carbocycles. The molecule has 0 heterocycles. The van der Waals surface area contributed by atoms with Gasteiger partial charge in [-0.25, -0.2) is 0 Å². The molecule has 0 aromatic heterocycles. The molecule has 1 aromatic carbocycles. The van der Waals surface area contributed by atoms with E-state index in [1.807, 2.05) is 6.07 Å². The monoisotopic (exact) mass is 262 g/mol. The van der Waals surface area contributed by atoms with Crippen LogP contribution in [0.5, 0.6) is 0 Å². The normalized spacial score (nSPS) is 10.4. The summed E-state index contributed by atoms with van der Waals surface area (Å²) in [6.07, 6.45) is -3.92. The zero-order valence-electron chi connectivity index (χ0n) is 6.43. The zero-order chi connectivity index (χ0) is 9.19. The summed E-state index contributed by atoms with van der Waals surface area (Å²) in [5.41, 5.74) is -0.684. The number of benzene rings is 1. The Labute approximate surface area is 98.2 Å². The van der Waals surface area contributed by atoms with E-state index in [1.165, 1.54) is 0 Å². The molecule has 0 spiro atoms. The van der Waals surface area contributed by atoms with Crippen molar-refractivity contribution in [2.75, 3.05) is 0 Å². The molecule has 13 heavy (non-hydrogen) atoms. The maximum atomic E-state index is 11.9. The molecule has 5 heteroatoms. The third kappa shape index (κ3) is 3.57. The molecule has 1 rings (SSSR count). The molecule has 0 radical (unpaired) electrons. The predicted octanol–water partition coefficient (Wildman–Crippen LogP) is 2.32. The first-order valence-corrected chi connectivity index (χ1v) is 3.08. The van der Waals surface area contributed by atoms with Gasteiger partial charge >= 0.3 is 38.9 Å². The molecular formula is C8H4F3OY+2. The fraction of sp³-hybridized carbons (Fsp3) is 0.125. The number of hydrogen-bond donors (Lipinski definition) is 0. The van der Waals surface area contributed by atoms with E-state index in [2.05, 4.69) is 0 Å². The van der Waals surface area contributed by atoms with Gasteiger partial charge in [-0.1, -0.05) is 11.1 Å². The molecule has 0 aliphatic heterocycles. The van der Waals surface area contributed by atoms with Crippen LogP contribution in [0, 0.1) is 6.07 Å². The van der Waals surface area contributed by atoms with Gasteiger partial charge in [-0.05, 0) is 0 Å². The maximum Gasteiger partial charge on any atom is 3.00 e. The fourth-order valence-electron chi connectivity index (χ4n) is 0.686. The van der Waals surface area contributed by atoms with Crippen molar-refractivity contribution >= 4 is 6.29 Å². The Bertz CT molecular complexity index is 278. The van der Waals surface area contributed by atoms with Crippen molar-refractivity contribution in [2.45, 2.75) is 6.18 Å². The summed E-state index contributed by atoms with van der Waals surface area (Å²) in [6, 6.07) is 4.91. The molecule has 0 fully saturated rings. The molecule has 0 N–H and O–H groups in total. The average molecular weight is 262 g/mol. The minimum atomic E-state index is -4.39. The number of aldehydes is 1. The number of rotatable bonds is 1. The van der Waals surface area contributed by atoms with Crippen LogP contribution in [-0.2, 0) is 38.9 Å². The Balaban J connectivity index is 0.00000144. The van der Waals surface area contributed by atoms with Crippen molar-refractivity contribution in [1.29, 1.82) is 0 Å². The molecule has 0 aliphatic rings. The van der Waals surface area contributed by atoms with Gasteiger partial charge in [-0.2, -0.15) is 37.4 Å². The van der Waals surface area contributed by atoms with E-state index in [4.69, 9.17) is 0 Å². The number of halogens is 3. The minimum absolute atomic E-state index is 0. The molecule has 1 aromatic rings. The van der Waals surface area contributed by atoms with Crippen molar-refractivity contribution < 1.29 is 50.7 Å². The summed E-state index contributed by atoms with van der Waals surface area (Å²) in [6.45, 7) is 0. The maximum absolute atomic E-state index is 11.9. The summed E-state index contributed by atoms with van der Waals surface area (Å²) >= 11 is 0. The molecule has 0 unspecified atom stereocenters. The zero-order valence-corrected chi connectivity index (χ0v) is 9.27. The Kier molecular flexibility index (Phi) is 4.78. The van der Waals surface area contributed by atoms with Crippen molar-refractivity contribution in [3.8, 4) is 0 Å². The van der Waals surface area contributed by atoms with E-state index in [-0.39, 0.29) is 38.3 Å². The molecule has 64 valence electrons. The van der Waals surface area contributed by atoms with Crippen LogP contribution < -0.4 is 0 Å². The van der Waals surface area contributed by atoms with Crippen LogP contribution in [0.4, 0.5) is 13.2 Å². The Morgan fingerprint density at radius 1 is 1.31 bits per heavy atom. The van der Waals surface area contributed by atoms with Crippen LogP contribution in [0.25, 0.3) is 0 Å². The first kappa shape index (κ1) is 12.8. The van der Waals surface area contributed by atoms with Gasteiger partial charge < -0.3 is 4.79 Å². The summed E-state index contributed by atoms with van der Waals surface area (Å²) in [4.78, 5) is 10.1. The second-order valence-corrected chi connectivity index (χ2v) is 2.15.